The Kier molecular flexibility index (Phi) is 12.3. The molecule has 0 radical (unpaired) electrons. The Bertz CT molecular complexity index is 2440. The number of aromatic nitrogens is 2. The topological polar surface area (TPSA) is 135 Å². The van der Waals surface area contributed by atoms with E-state index < -0.39 is 29.3 Å². The molecular weight excluding hydrogens is 798 g/mol. The number of fused-ring (bicyclic) bond motifs is 1. The number of imide groups is 1. The van der Waals surface area contributed by atoms with Gasteiger partial charge < -0.3 is 20.3 Å². The van der Waals surface area contributed by atoms with Gasteiger partial charge >= 0.3 is 0 Å². The zero-order chi connectivity index (χ0) is 42.7. The number of piperidine rings is 2. The standard InChI is InChI=1S/C47H51F3N8O4/c48-32-22-31(23-33(49)26-32)21-29-2-7-42-40(24-29)45(55-54-42)53-47(61)39-5-3-36(27-43(39)51-34-11-19-62-20-12-34)58-17-15-57(16-18-58)35-9-13-56(14-10-35)28-30-1-4-37(41(50)25-30)38-6-8-44(59)52-46(38)60/h1-5,7,22-27,34-35,38,51H,6,8-21,28H2,(H,52,59,60)(H2,53,54,55,61). The third-order valence-corrected chi connectivity index (χ3v) is 12.9. The molecule has 4 N–H and O–H groups in total. The summed E-state index contributed by atoms with van der Waals surface area (Å²) in [4.78, 5) is 45.2. The van der Waals surface area contributed by atoms with Gasteiger partial charge in [0, 0.05) is 92.8 Å². The third kappa shape index (κ3) is 9.49. The minimum absolute atomic E-state index is 0.158. The van der Waals surface area contributed by atoms with Gasteiger partial charge in [0.1, 0.15) is 17.5 Å². The number of rotatable bonds is 11. The first-order chi connectivity index (χ1) is 30.1. The van der Waals surface area contributed by atoms with Crippen LogP contribution in [0.3, 0.4) is 0 Å². The van der Waals surface area contributed by atoms with Crippen LogP contribution in [0.5, 0.6) is 0 Å². The lowest BCUT2D eigenvalue weighted by Gasteiger charge is -2.43. The SMILES string of the molecule is O=C1CCC(c2ccc(CN3CCC(N4CCN(c5ccc(C(=O)Nc6n[nH]c7ccc(Cc8cc(F)cc(F)c8)cc67)c(NC6CCOCC6)c5)CC4)CC3)cc2F)C(=O)N1. The number of halogens is 3. The van der Waals surface area contributed by atoms with Crippen molar-refractivity contribution in [1.29, 1.82) is 0 Å². The Morgan fingerprint density at radius 2 is 1.55 bits per heavy atom. The number of nitrogens with zero attached hydrogens (tertiary/aromatic N) is 4. The Labute approximate surface area is 358 Å². The predicted octanol–water partition coefficient (Wildman–Crippen LogP) is 6.72. The molecule has 4 aliphatic rings. The van der Waals surface area contributed by atoms with E-state index in [0.29, 0.717) is 66.5 Å². The van der Waals surface area contributed by atoms with E-state index in [1.54, 1.807) is 6.07 Å². The van der Waals surface area contributed by atoms with Crippen molar-refractivity contribution in [2.45, 2.75) is 69.5 Å². The van der Waals surface area contributed by atoms with Gasteiger partial charge in [0.05, 0.1) is 17.0 Å². The molecule has 4 aromatic carbocycles. The molecule has 3 amide bonds. The van der Waals surface area contributed by atoms with Crippen LogP contribution in [-0.4, -0.2) is 102 Å². The molecule has 9 rings (SSSR count). The zero-order valence-corrected chi connectivity index (χ0v) is 34.5. The van der Waals surface area contributed by atoms with E-state index in [9.17, 15) is 23.2 Å². The number of H-pyrrole nitrogens is 1. The summed E-state index contributed by atoms with van der Waals surface area (Å²) in [6, 6.07) is 20.8. The number of ether oxygens (including phenoxy) is 1. The van der Waals surface area contributed by atoms with Crippen molar-refractivity contribution in [3.05, 3.63) is 118 Å². The minimum atomic E-state index is -0.636. The molecule has 4 fully saturated rings. The van der Waals surface area contributed by atoms with Crippen molar-refractivity contribution in [1.82, 2.24) is 25.3 Å². The molecule has 5 aromatic rings. The van der Waals surface area contributed by atoms with Crippen molar-refractivity contribution in [2.24, 2.45) is 0 Å². The van der Waals surface area contributed by atoms with Gasteiger partial charge in [-0.15, -0.1) is 0 Å². The van der Waals surface area contributed by atoms with Crippen molar-refractivity contribution in [3.8, 4) is 0 Å². The summed E-state index contributed by atoms with van der Waals surface area (Å²) in [7, 11) is 0. The number of nitrogens with one attached hydrogen (secondary N) is 4. The van der Waals surface area contributed by atoms with Gasteiger partial charge in [-0.2, -0.15) is 5.10 Å². The molecule has 12 nitrogen and oxygen atoms in total. The number of carbonyl (C=O) groups is 3. The first kappa shape index (κ1) is 41.6. The lowest BCUT2D eigenvalue weighted by molar-refractivity contribution is -0.134. The molecule has 4 saturated heterocycles. The highest BCUT2D eigenvalue weighted by molar-refractivity contribution is 6.11. The Balaban J connectivity index is 0.818. The molecule has 1 atom stereocenters. The summed E-state index contributed by atoms with van der Waals surface area (Å²) < 4.78 is 48.5. The fraction of sp³-hybridized carbons (Fsp3) is 0.404. The number of piperazine rings is 1. The molecule has 0 bridgehead atoms. The van der Waals surface area contributed by atoms with Crippen LogP contribution >= 0.6 is 0 Å². The van der Waals surface area contributed by atoms with E-state index in [1.165, 1.54) is 18.2 Å². The minimum Gasteiger partial charge on any atom is -0.381 e. The second-order valence-electron chi connectivity index (χ2n) is 17.0. The summed E-state index contributed by atoms with van der Waals surface area (Å²) >= 11 is 0. The molecular formula is C47H51F3N8O4. The van der Waals surface area contributed by atoms with Crippen LogP contribution in [0, 0.1) is 17.5 Å². The van der Waals surface area contributed by atoms with Crippen molar-refractivity contribution in [3.63, 3.8) is 0 Å². The summed E-state index contributed by atoms with van der Waals surface area (Å²) in [6.07, 6.45) is 4.57. The van der Waals surface area contributed by atoms with E-state index >= 15 is 4.39 Å². The first-order valence-electron chi connectivity index (χ1n) is 21.7. The second kappa shape index (κ2) is 18.3. The highest BCUT2D eigenvalue weighted by Crippen LogP contribution is 2.32. The summed E-state index contributed by atoms with van der Waals surface area (Å²) in [5.41, 5.74) is 5.58. The highest BCUT2D eigenvalue weighted by Gasteiger charge is 2.31. The first-order valence-corrected chi connectivity index (χ1v) is 21.7. The van der Waals surface area contributed by atoms with Crippen LogP contribution in [0.2, 0.25) is 0 Å². The fourth-order valence-electron chi connectivity index (χ4n) is 9.49. The molecule has 0 spiro atoms. The third-order valence-electron chi connectivity index (χ3n) is 12.9. The number of hydrogen-bond donors (Lipinski definition) is 4. The van der Waals surface area contributed by atoms with Gasteiger partial charge in [-0.25, -0.2) is 13.2 Å². The number of likely N-dealkylation sites (tertiary alicyclic amines) is 1. The molecule has 15 heteroatoms. The Morgan fingerprint density at radius 3 is 2.29 bits per heavy atom. The van der Waals surface area contributed by atoms with Crippen LogP contribution in [0.15, 0.2) is 72.8 Å². The van der Waals surface area contributed by atoms with Crippen LogP contribution in [0.25, 0.3) is 10.9 Å². The van der Waals surface area contributed by atoms with Gasteiger partial charge in [0.25, 0.3) is 5.91 Å². The maximum absolute atomic E-state index is 15.2. The number of aromatic amines is 1. The summed E-state index contributed by atoms with van der Waals surface area (Å²) in [6.45, 7) is 7.33. The molecule has 62 heavy (non-hydrogen) atoms. The molecule has 1 unspecified atom stereocenters. The quantitative estimate of drug-likeness (QED) is 0.107. The lowest BCUT2D eigenvalue weighted by atomic mass is 9.89. The van der Waals surface area contributed by atoms with E-state index in [-0.39, 0.29) is 24.3 Å². The van der Waals surface area contributed by atoms with Crippen LogP contribution < -0.4 is 20.9 Å². The number of benzene rings is 4. The van der Waals surface area contributed by atoms with Gasteiger partial charge in [0.15, 0.2) is 5.82 Å². The normalized spacial score (nSPS) is 19.8. The number of hydrogen-bond acceptors (Lipinski definition) is 9. The summed E-state index contributed by atoms with van der Waals surface area (Å²) in [5.74, 6) is -2.96. The number of anilines is 3. The second-order valence-corrected chi connectivity index (χ2v) is 17.0. The fourth-order valence-corrected chi connectivity index (χ4v) is 9.49. The van der Waals surface area contributed by atoms with Gasteiger partial charge in [-0.3, -0.25) is 34.6 Å². The van der Waals surface area contributed by atoms with Crippen LogP contribution in [0.4, 0.5) is 30.4 Å². The Morgan fingerprint density at radius 1 is 0.790 bits per heavy atom. The molecule has 0 aliphatic carbocycles. The molecule has 0 saturated carbocycles. The summed E-state index contributed by atoms with van der Waals surface area (Å²) in [5, 5.41) is 17.1. The molecule has 324 valence electrons. The highest BCUT2D eigenvalue weighted by atomic mass is 19.1. The lowest BCUT2D eigenvalue weighted by Crippen LogP contribution is -2.53. The average Bonchev–Trinajstić information content (AvgIpc) is 3.65. The van der Waals surface area contributed by atoms with Crippen molar-refractivity contribution < 1.29 is 32.3 Å². The number of amides is 3. The molecule has 1 aromatic heterocycles. The largest absolute Gasteiger partial charge is 0.381 e. The van der Waals surface area contributed by atoms with Gasteiger partial charge in [-0.05, 0) is 117 Å². The van der Waals surface area contributed by atoms with Crippen LogP contribution in [-0.2, 0) is 27.3 Å². The van der Waals surface area contributed by atoms with Gasteiger partial charge in [0.2, 0.25) is 11.8 Å². The van der Waals surface area contributed by atoms with E-state index in [0.717, 1.165) is 99.0 Å². The maximum atomic E-state index is 15.2. The molecule has 4 aliphatic heterocycles. The van der Waals surface area contributed by atoms with E-state index in [1.807, 2.05) is 36.4 Å². The Hall–Kier alpha value is -5.77. The monoisotopic (exact) mass is 848 g/mol. The van der Waals surface area contributed by atoms with Crippen LogP contribution in [0.1, 0.15) is 77.1 Å². The zero-order valence-electron chi connectivity index (χ0n) is 34.5. The van der Waals surface area contributed by atoms with Crippen molar-refractivity contribution >= 4 is 45.8 Å². The smallest absolute Gasteiger partial charge is 0.258 e. The maximum Gasteiger partial charge on any atom is 0.258 e. The van der Waals surface area contributed by atoms with E-state index in [4.69, 9.17) is 4.74 Å². The van der Waals surface area contributed by atoms with E-state index in [2.05, 4.69) is 46.9 Å². The number of carbonyl (C=O) groups excluding carboxylic acids is 3. The average molecular weight is 849 g/mol. The predicted molar refractivity (Wildman–Crippen MR) is 231 cm³/mol. The molecule has 5 heterocycles. The van der Waals surface area contributed by atoms with Gasteiger partial charge in [-0.1, -0.05) is 18.2 Å². The van der Waals surface area contributed by atoms with Crippen molar-refractivity contribution in [2.75, 3.05) is 68.0 Å².